The Hall–Kier alpha value is -0.900. The van der Waals surface area contributed by atoms with Crippen LogP contribution in [-0.2, 0) is 0 Å². The van der Waals surface area contributed by atoms with Gasteiger partial charge < -0.3 is 15.1 Å². The van der Waals surface area contributed by atoms with E-state index in [0.717, 1.165) is 6.54 Å². The Morgan fingerprint density at radius 2 is 2.06 bits per heavy atom. The molecule has 1 aliphatic heterocycles. The van der Waals surface area contributed by atoms with Gasteiger partial charge in [0.05, 0.1) is 0 Å². The average Bonchev–Trinajstić information content (AvgIpc) is 2.76. The minimum absolute atomic E-state index is 0.456. The summed E-state index contributed by atoms with van der Waals surface area (Å²) in [5, 5.41) is 3.71. The van der Waals surface area contributed by atoms with Gasteiger partial charge in [0.15, 0.2) is 0 Å². The molecule has 3 nitrogen and oxygen atoms in total. The molecule has 2 rings (SSSR count). The van der Waals surface area contributed by atoms with Crippen LogP contribution in [0.3, 0.4) is 0 Å². The summed E-state index contributed by atoms with van der Waals surface area (Å²) >= 11 is 0. The fourth-order valence-corrected chi connectivity index (χ4v) is 2.65. The molecule has 2 atom stereocenters. The van der Waals surface area contributed by atoms with Crippen molar-refractivity contribution < 1.29 is 0 Å². The lowest BCUT2D eigenvalue weighted by atomic mass is 10.1. The second-order valence-electron chi connectivity index (χ2n) is 5.55. The van der Waals surface area contributed by atoms with Crippen molar-refractivity contribution in [3.05, 3.63) is 35.9 Å². The molecule has 100 valence electrons. The van der Waals surface area contributed by atoms with E-state index in [0.29, 0.717) is 12.1 Å². The number of nitrogens with one attached hydrogen (secondary N) is 1. The molecule has 18 heavy (non-hydrogen) atoms. The molecule has 1 heterocycles. The normalized spacial score (nSPS) is 22.6. The van der Waals surface area contributed by atoms with Gasteiger partial charge in [0.1, 0.15) is 0 Å². The quantitative estimate of drug-likeness (QED) is 0.852. The minimum Gasteiger partial charge on any atom is -0.311 e. The summed E-state index contributed by atoms with van der Waals surface area (Å²) in [6.07, 6.45) is 1.27. The van der Waals surface area contributed by atoms with E-state index in [9.17, 15) is 0 Å². The smallest absolute Gasteiger partial charge is 0.0466 e. The Bertz CT molecular complexity index is 350. The van der Waals surface area contributed by atoms with Crippen LogP contribution in [0.5, 0.6) is 0 Å². The summed E-state index contributed by atoms with van der Waals surface area (Å²) in [6, 6.07) is 11.9. The Labute approximate surface area is 111 Å². The molecule has 0 bridgehead atoms. The standard InChI is InChI=1S/C15H25N3/c1-17(2)15(13-7-5-4-6-8-13)11-16-14-9-10-18(3)12-14/h4-8,14-16H,9-12H2,1-3H3. The molecule has 1 saturated heterocycles. The molecule has 0 saturated carbocycles. The van der Waals surface area contributed by atoms with Gasteiger partial charge in [-0.25, -0.2) is 0 Å². The van der Waals surface area contributed by atoms with Crippen LogP contribution in [-0.4, -0.2) is 56.6 Å². The summed E-state index contributed by atoms with van der Waals surface area (Å²) in [6.45, 7) is 3.42. The molecular formula is C15H25N3. The Kier molecular flexibility index (Phi) is 4.75. The summed E-state index contributed by atoms with van der Waals surface area (Å²) in [5.74, 6) is 0. The summed E-state index contributed by atoms with van der Waals surface area (Å²) in [5.41, 5.74) is 1.39. The first-order chi connectivity index (χ1) is 8.66. The Morgan fingerprint density at radius 3 is 2.61 bits per heavy atom. The Morgan fingerprint density at radius 1 is 1.33 bits per heavy atom. The summed E-state index contributed by atoms with van der Waals surface area (Å²) in [4.78, 5) is 4.69. The van der Waals surface area contributed by atoms with Gasteiger partial charge in [-0.2, -0.15) is 0 Å². The Balaban J connectivity index is 1.91. The van der Waals surface area contributed by atoms with Crippen LogP contribution in [0.15, 0.2) is 30.3 Å². The van der Waals surface area contributed by atoms with Gasteiger partial charge >= 0.3 is 0 Å². The number of nitrogens with zero attached hydrogens (tertiary/aromatic N) is 2. The van der Waals surface area contributed by atoms with E-state index in [1.54, 1.807) is 0 Å². The first-order valence-electron chi connectivity index (χ1n) is 6.80. The topological polar surface area (TPSA) is 18.5 Å². The van der Waals surface area contributed by atoms with Gasteiger partial charge in [-0.15, -0.1) is 0 Å². The second-order valence-corrected chi connectivity index (χ2v) is 5.55. The lowest BCUT2D eigenvalue weighted by molar-refractivity contribution is 0.278. The fraction of sp³-hybridized carbons (Fsp3) is 0.600. The van der Waals surface area contributed by atoms with E-state index in [1.165, 1.54) is 25.1 Å². The molecular weight excluding hydrogens is 222 g/mol. The number of hydrogen-bond acceptors (Lipinski definition) is 3. The van der Waals surface area contributed by atoms with Gasteiger partial charge in [-0.3, -0.25) is 0 Å². The van der Waals surface area contributed by atoms with E-state index in [1.807, 2.05) is 0 Å². The summed E-state index contributed by atoms with van der Waals surface area (Å²) in [7, 11) is 6.50. The molecule has 1 aromatic rings. The van der Waals surface area contributed by atoms with E-state index >= 15 is 0 Å². The zero-order valence-electron chi connectivity index (χ0n) is 11.8. The van der Waals surface area contributed by atoms with Crippen molar-refractivity contribution in [1.29, 1.82) is 0 Å². The number of hydrogen-bond donors (Lipinski definition) is 1. The fourth-order valence-electron chi connectivity index (χ4n) is 2.65. The van der Waals surface area contributed by atoms with Crippen molar-refractivity contribution in [2.45, 2.75) is 18.5 Å². The van der Waals surface area contributed by atoms with Crippen molar-refractivity contribution in [1.82, 2.24) is 15.1 Å². The lowest BCUT2D eigenvalue weighted by Gasteiger charge is -2.26. The van der Waals surface area contributed by atoms with E-state index in [4.69, 9.17) is 0 Å². The van der Waals surface area contributed by atoms with E-state index in [-0.39, 0.29) is 0 Å². The molecule has 1 fully saturated rings. The SMILES string of the molecule is CN1CCC(NCC(c2ccccc2)N(C)C)C1. The van der Waals surface area contributed by atoms with Gasteiger partial charge in [0, 0.05) is 25.2 Å². The lowest BCUT2D eigenvalue weighted by Crippen LogP contribution is -2.38. The van der Waals surface area contributed by atoms with Crippen molar-refractivity contribution >= 4 is 0 Å². The molecule has 2 unspecified atom stereocenters. The van der Waals surface area contributed by atoms with Gasteiger partial charge in [0.25, 0.3) is 0 Å². The predicted octanol–water partition coefficient (Wildman–Crippen LogP) is 1.58. The second kappa shape index (κ2) is 6.32. The maximum absolute atomic E-state index is 3.71. The van der Waals surface area contributed by atoms with Crippen LogP contribution in [0.2, 0.25) is 0 Å². The van der Waals surface area contributed by atoms with Crippen LogP contribution in [0, 0.1) is 0 Å². The van der Waals surface area contributed by atoms with Crippen LogP contribution in [0.1, 0.15) is 18.0 Å². The zero-order chi connectivity index (χ0) is 13.0. The van der Waals surface area contributed by atoms with Crippen molar-refractivity contribution in [2.75, 3.05) is 40.8 Å². The van der Waals surface area contributed by atoms with Gasteiger partial charge in [-0.1, -0.05) is 30.3 Å². The van der Waals surface area contributed by atoms with Crippen LogP contribution in [0.4, 0.5) is 0 Å². The first-order valence-corrected chi connectivity index (χ1v) is 6.80. The highest BCUT2D eigenvalue weighted by molar-refractivity contribution is 5.19. The number of likely N-dealkylation sites (tertiary alicyclic amines) is 1. The third-order valence-electron chi connectivity index (χ3n) is 3.80. The number of rotatable bonds is 5. The van der Waals surface area contributed by atoms with E-state index in [2.05, 4.69) is 66.6 Å². The average molecular weight is 247 g/mol. The maximum Gasteiger partial charge on any atom is 0.0466 e. The monoisotopic (exact) mass is 247 g/mol. The molecule has 0 radical (unpaired) electrons. The van der Waals surface area contributed by atoms with Crippen LogP contribution in [0.25, 0.3) is 0 Å². The van der Waals surface area contributed by atoms with E-state index < -0.39 is 0 Å². The highest BCUT2D eigenvalue weighted by Crippen LogP contribution is 2.17. The van der Waals surface area contributed by atoms with Gasteiger partial charge in [0.2, 0.25) is 0 Å². The first kappa shape index (κ1) is 13.5. The van der Waals surface area contributed by atoms with Crippen molar-refractivity contribution in [3.8, 4) is 0 Å². The molecule has 1 aliphatic rings. The molecule has 1 N–H and O–H groups in total. The molecule has 1 aromatic carbocycles. The van der Waals surface area contributed by atoms with Crippen molar-refractivity contribution in [3.63, 3.8) is 0 Å². The third-order valence-corrected chi connectivity index (χ3v) is 3.80. The van der Waals surface area contributed by atoms with Crippen LogP contribution < -0.4 is 5.32 Å². The largest absolute Gasteiger partial charge is 0.311 e. The highest BCUT2D eigenvalue weighted by atomic mass is 15.2. The molecule has 0 spiro atoms. The third kappa shape index (κ3) is 3.55. The minimum atomic E-state index is 0.456. The molecule has 3 heteroatoms. The highest BCUT2D eigenvalue weighted by Gasteiger charge is 2.21. The van der Waals surface area contributed by atoms with Gasteiger partial charge in [-0.05, 0) is 39.7 Å². The molecule has 0 aromatic heterocycles. The molecule has 0 amide bonds. The maximum atomic E-state index is 3.71. The predicted molar refractivity (Wildman–Crippen MR) is 76.8 cm³/mol. The van der Waals surface area contributed by atoms with Crippen LogP contribution >= 0.6 is 0 Å². The summed E-state index contributed by atoms with van der Waals surface area (Å²) < 4.78 is 0. The zero-order valence-corrected chi connectivity index (χ0v) is 11.8. The number of likely N-dealkylation sites (N-methyl/N-ethyl adjacent to an activating group) is 2. The molecule has 0 aliphatic carbocycles. The van der Waals surface area contributed by atoms with Crippen molar-refractivity contribution in [2.24, 2.45) is 0 Å². The number of benzene rings is 1.